The number of para-hydroxylation sites is 1. The van der Waals surface area contributed by atoms with Crippen LogP contribution < -0.4 is 10.2 Å². The third kappa shape index (κ3) is 5.25. The van der Waals surface area contributed by atoms with Crippen LogP contribution in [0.3, 0.4) is 0 Å². The number of aromatic nitrogens is 2. The fourth-order valence-corrected chi connectivity index (χ4v) is 4.26. The van der Waals surface area contributed by atoms with Gasteiger partial charge in [-0.25, -0.2) is 0 Å². The van der Waals surface area contributed by atoms with Gasteiger partial charge >= 0.3 is 0 Å². The minimum atomic E-state index is 0.0139. The Morgan fingerprint density at radius 3 is 2.73 bits per heavy atom. The molecule has 0 radical (unpaired) electrons. The van der Waals surface area contributed by atoms with E-state index in [1.165, 1.54) is 5.69 Å². The molecule has 0 aliphatic carbocycles. The lowest BCUT2D eigenvalue weighted by molar-refractivity contribution is -0.121. The van der Waals surface area contributed by atoms with E-state index in [9.17, 15) is 4.79 Å². The van der Waals surface area contributed by atoms with Gasteiger partial charge in [0.15, 0.2) is 0 Å². The molecule has 8 heteroatoms. The highest BCUT2D eigenvalue weighted by atomic mass is 32.1. The maximum atomic E-state index is 12.3. The molecule has 1 aromatic carbocycles. The molecule has 1 unspecified atom stereocenters. The van der Waals surface area contributed by atoms with Gasteiger partial charge in [-0.2, -0.15) is 16.3 Å². The number of hydrogen-bond acceptors (Lipinski definition) is 7. The first kappa shape index (κ1) is 20.6. The molecule has 1 saturated heterocycles. The standard InChI is InChI=1S/C22H27N5O2S/c1-17(26-10-12-27(13-11-26)19-5-3-2-4-6-19)15-23-20(28)7-8-21-24-22(25-29-21)18-9-14-30-16-18/h2-6,9,14,16-17H,7-8,10-13,15H2,1H3,(H,23,28). The maximum absolute atomic E-state index is 12.3. The lowest BCUT2D eigenvalue weighted by Crippen LogP contribution is -2.52. The summed E-state index contributed by atoms with van der Waals surface area (Å²) in [7, 11) is 0. The van der Waals surface area contributed by atoms with Gasteiger partial charge < -0.3 is 14.7 Å². The Hall–Kier alpha value is -2.71. The molecule has 3 heterocycles. The van der Waals surface area contributed by atoms with E-state index in [0.29, 0.717) is 37.1 Å². The lowest BCUT2D eigenvalue weighted by Gasteiger charge is -2.39. The summed E-state index contributed by atoms with van der Waals surface area (Å²) in [5.74, 6) is 1.09. The van der Waals surface area contributed by atoms with E-state index in [-0.39, 0.29) is 5.91 Å². The second kappa shape index (κ2) is 9.86. The van der Waals surface area contributed by atoms with Crippen LogP contribution in [0, 0.1) is 0 Å². The molecule has 1 fully saturated rings. The number of rotatable bonds is 8. The number of aryl methyl sites for hydroxylation is 1. The van der Waals surface area contributed by atoms with E-state index < -0.39 is 0 Å². The van der Waals surface area contributed by atoms with Crippen molar-refractivity contribution in [1.82, 2.24) is 20.4 Å². The largest absolute Gasteiger partial charge is 0.369 e. The summed E-state index contributed by atoms with van der Waals surface area (Å²) < 4.78 is 5.26. The minimum Gasteiger partial charge on any atom is -0.369 e. The van der Waals surface area contributed by atoms with Crippen LogP contribution in [0.2, 0.25) is 0 Å². The van der Waals surface area contributed by atoms with Gasteiger partial charge in [0, 0.05) is 68.2 Å². The zero-order valence-corrected chi connectivity index (χ0v) is 18.0. The summed E-state index contributed by atoms with van der Waals surface area (Å²) in [5.41, 5.74) is 2.22. The number of benzene rings is 1. The Morgan fingerprint density at radius 2 is 2.00 bits per heavy atom. The molecule has 30 heavy (non-hydrogen) atoms. The summed E-state index contributed by atoms with van der Waals surface area (Å²) in [5, 5.41) is 11.0. The van der Waals surface area contributed by atoms with Gasteiger partial charge in [0.25, 0.3) is 0 Å². The Balaban J connectivity index is 1.16. The molecule has 0 spiro atoms. The van der Waals surface area contributed by atoms with Crippen molar-refractivity contribution in [2.24, 2.45) is 0 Å². The van der Waals surface area contributed by atoms with Gasteiger partial charge in [-0.3, -0.25) is 9.69 Å². The van der Waals surface area contributed by atoms with Gasteiger partial charge in [-0.1, -0.05) is 23.4 Å². The Labute approximate surface area is 180 Å². The fraction of sp³-hybridized carbons (Fsp3) is 0.409. The Kier molecular flexibility index (Phi) is 6.76. The van der Waals surface area contributed by atoms with E-state index in [1.54, 1.807) is 11.3 Å². The Bertz CT molecular complexity index is 920. The molecule has 1 aliphatic heterocycles. The predicted molar refractivity (Wildman–Crippen MR) is 119 cm³/mol. The van der Waals surface area contributed by atoms with Gasteiger partial charge in [0.05, 0.1) is 0 Å². The van der Waals surface area contributed by atoms with Gasteiger partial charge in [0.1, 0.15) is 0 Å². The molecule has 1 amide bonds. The number of anilines is 1. The molecule has 1 atom stereocenters. The second-order valence-electron chi connectivity index (χ2n) is 7.54. The van der Waals surface area contributed by atoms with Crippen LogP contribution in [0.5, 0.6) is 0 Å². The fourth-order valence-electron chi connectivity index (χ4n) is 3.62. The third-order valence-corrected chi connectivity index (χ3v) is 6.15. The quantitative estimate of drug-likeness (QED) is 0.598. The van der Waals surface area contributed by atoms with E-state index in [0.717, 1.165) is 31.7 Å². The molecular weight excluding hydrogens is 398 g/mol. The summed E-state index contributed by atoms with van der Waals surface area (Å²) in [6, 6.07) is 12.8. The van der Waals surface area contributed by atoms with E-state index >= 15 is 0 Å². The monoisotopic (exact) mass is 425 g/mol. The van der Waals surface area contributed by atoms with E-state index in [2.05, 4.69) is 56.4 Å². The molecule has 3 aromatic rings. The molecular formula is C22H27N5O2S. The first-order valence-corrected chi connectivity index (χ1v) is 11.3. The predicted octanol–water partition coefficient (Wildman–Crippen LogP) is 3.06. The number of carbonyl (C=O) groups is 1. The first-order valence-electron chi connectivity index (χ1n) is 10.3. The number of nitrogens with zero attached hydrogens (tertiary/aromatic N) is 4. The summed E-state index contributed by atoms with van der Waals surface area (Å²) in [6.45, 7) is 6.83. The molecule has 0 bridgehead atoms. The average Bonchev–Trinajstić information content (AvgIpc) is 3.49. The highest BCUT2D eigenvalue weighted by molar-refractivity contribution is 7.08. The van der Waals surface area contributed by atoms with Crippen LogP contribution in [-0.2, 0) is 11.2 Å². The number of piperazine rings is 1. The number of nitrogens with one attached hydrogen (secondary N) is 1. The summed E-state index contributed by atoms with van der Waals surface area (Å²) >= 11 is 1.59. The van der Waals surface area contributed by atoms with Crippen LogP contribution >= 0.6 is 11.3 Å². The smallest absolute Gasteiger partial charge is 0.227 e. The SMILES string of the molecule is CC(CNC(=O)CCc1nc(-c2ccsc2)no1)N1CCN(c2ccccc2)CC1. The average molecular weight is 426 g/mol. The van der Waals surface area contributed by atoms with Crippen molar-refractivity contribution in [2.75, 3.05) is 37.6 Å². The highest BCUT2D eigenvalue weighted by Gasteiger charge is 2.21. The topological polar surface area (TPSA) is 74.5 Å². The van der Waals surface area contributed by atoms with Crippen LogP contribution in [0.15, 0.2) is 51.7 Å². The molecule has 0 saturated carbocycles. The van der Waals surface area contributed by atoms with Crippen LogP contribution in [0.25, 0.3) is 11.4 Å². The lowest BCUT2D eigenvalue weighted by atomic mass is 10.2. The van der Waals surface area contributed by atoms with Crippen molar-refractivity contribution in [3.8, 4) is 11.4 Å². The van der Waals surface area contributed by atoms with Crippen molar-refractivity contribution in [3.63, 3.8) is 0 Å². The van der Waals surface area contributed by atoms with Crippen LogP contribution in [0.4, 0.5) is 5.69 Å². The van der Waals surface area contributed by atoms with Gasteiger partial charge in [-0.05, 0) is 30.5 Å². The minimum absolute atomic E-state index is 0.0139. The molecule has 158 valence electrons. The zero-order chi connectivity index (χ0) is 20.8. The highest BCUT2D eigenvalue weighted by Crippen LogP contribution is 2.19. The van der Waals surface area contributed by atoms with Crippen LogP contribution in [-0.4, -0.2) is 59.7 Å². The van der Waals surface area contributed by atoms with E-state index in [4.69, 9.17) is 4.52 Å². The third-order valence-electron chi connectivity index (χ3n) is 5.47. The van der Waals surface area contributed by atoms with Crippen LogP contribution in [0.1, 0.15) is 19.2 Å². The van der Waals surface area contributed by atoms with Crippen molar-refractivity contribution in [2.45, 2.75) is 25.8 Å². The molecule has 7 nitrogen and oxygen atoms in total. The van der Waals surface area contributed by atoms with Crippen molar-refractivity contribution in [1.29, 1.82) is 0 Å². The molecule has 4 rings (SSSR count). The van der Waals surface area contributed by atoms with Crippen molar-refractivity contribution < 1.29 is 9.32 Å². The van der Waals surface area contributed by atoms with Gasteiger partial charge in [-0.15, -0.1) is 0 Å². The maximum Gasteiger partial charge on any atom is 0.227 e. The summed E-state index contributed by atoms with van der Waals surface area (Å²) in [6.07, 6.45) is 0.798. The zero-order valence-electron chi connectivity index (χ0n) is 17.2. The number of carbonyl (C=O) groups excluding carboxylic acids is 1. The number of hydrogen-bond donors (Lipinski definition) is 1. The van der Waals surface area contributed by atoms with E-state index in [1.807, 2.05) is 22.9 Å². The molecule has 2 aromatic heterocycles. The van der Waals surface area contributed by atoms with Crippen molar-refractivity contribution in [3.05, 3.63) is 53.0 Å². The molecule has 1 aliphatic rings. The summed E-state index contributed by atoms with van der Waals surface area (Å²) in [4.78, 5) is 21.5. The normalized spacial score (nSPS) is 15.8. The second-order valence-corrected chi connectivity index (χ2v) is 8.32. The Morgan fingerprint density at radius 1 is 1.20 bits per heavy atom. The first-order chi connectivity index (χ1) is 14.7. The molecule has 1 N–H and O–H groups in total. The number of amides is 1. The number of thiophene rings is 1. The van der Waals surface area contributed by atoms with Gasteiger partial charge in [0.2, 0.25) is 17.6 Å². The van der Waals surface area contributed by atoms with Crippen molar-refractivity contribution >= 4 is 22.9 Å².